The molecule has 0 fully saturated rings. The van der Waals surface area contributed by atoms with Gasteiger partial charge in [-0.1, -0.05) is 0 Å². The Hall–Kier alpha value is -1.47. The first kappa shape index (κ1) is 11.0. The standard InChI is InChI=1S/C9H12N4O2S/c1-15-4-3-13-6(7(10)12-9(13)14)8-11-2-5-16-8/h2,5-6H,3-4H2,1H3,(H2,10,12,14). The van der Waals surface area contributed by atoms with Gasteiger partial charge >= 0.3 is 6.03 Å². The summed E-state index contributed by atoms with van der Waals surface area (Å²) in [5.41, 5.74) is 5.74. The molecular formula is C9H12N4O2S. The number of aromatic nitrogens is 1. The topological polar surface area (TPSA) is 80.8 Å². The third-order valence-electron chi connectivity index (χ3n) is 2.28. The molecule has 1 aliphatic heterocycles. The predicted octanol–water partition coefficient (Wildman–Crippen LogP) is 0.623. The maximum atomic E-state index is 11.6. The average molecular weight is 240 g/mol. The Morgan fingerprint density at radius 1 is 1.69 bits per heavy atom. The second kappa shape index (κ2) is 4.58. The molecule has 2 N–H and O–H groups in total. The quantitative estimate of drug-likeness (QED) is 0.836. The molecule has 0 bridgehead atoms. The highest BCUT2D eigenvalue weighted by molar-refractivity contribution is 7.09. The molecule has 0 aromatic carbocycles. The smallest absolute Gasteiger partial charge is 0.346 e. The zero-order valence-corrected chi connectivity index (χ0v) is 9.61. The van der Waals surface area contributed by atoms with Crippen LogP contribution in [0.2, 0.25) is 0 Å². The molecule has 16 heavy (non-hydrogen) atoms. The van der Waals surface area contributed by atoms with E-state index in [1.807, 2.05) is 5.38 Å². The summed E-state index contributed by atoms with van der Waals surface area (Å²) in [6.07, 6.45) is 1.69. The molecule has 1 unspecified atom stereocenters. The lowest BCUT2D eigenvalue weighted by atomic mass is 10.2. The number of nitrogens with two attached hydrogens (primary N) is 1. The van der Waals surface area contributed by atoms with Crippen molar-refractivity contribution in [1.82, 2.24) is 9.88 Å². The number of amides is 2. The molecule has 1 aromatic rings. The molecule has 86 valence electrons. The summed E-state index contributed by atoms with van der Waals surface area (Å²) < 4.78 is 4.95. The third-order valence-corrected chi connectivity index (χ3v) is 3.11. The molecule has 0 spiro atoms. The largest absolute Gasteiger partial charge is 0.385 e. The van der Waals surface area contributed by atoms with Gasteiger partial charge in [-0.3, -0.25) is 0 Å². The van der Waals surface area contributed by atoms with Crippen molar-refractivity contribution < 1.29 is 9.53 Å². The second-order valence-electron chi connectivity index (χ2n) is 3.28. The minimum atomic E-state index is -0.331. The Bertz CT molecular complexity index is 404. The fourth-order valence-corrected chi connectivity index (χ4v) is 2.31. The molecule has 6 nitrogen and oxygen atoms in total. The number of hydrogen-bond donors (Lipinski definition) is 1. The lowest BCUT2D eigenvalue weighted by Gasteiger charge is -2.21. The van der Waals surface area contributed by atoms with Gasteiger partial charge in [0, 0.05) is 25.2 Å². The zero-order chi connectivity index (χ0) is 11.5. The highest BCUT2D eigenvalue weighted by Gasteiger charge is 2.35. The van der Waals surface area contributed by atoms with Crippen molar-refractivity contribution >= 4 is 23.2 Å². The van der Waals surface area contributed by atoms with Crippen LogP contribution < -0.4 is 5.73 Å². The fraction of sp³-hybridized carbons (Fsp3) is 0.444. The average Bonchev–Trinajstić information content (AvgIpc) is 2.83. The Balaban J connectivity index is 2.20. The monoisotopic (exact) mass is 240 g/mol. The molecule has 7 heteroatoms. The van der Waals surface area contributed by atoms with Crippen LogP contribution in [-0.2, 0) is 4.74 Å². The molecule has 1 atom stereocenters. The van der Waals surface area contributed by atoms with Crippen molar-refractivity contribution in [2.24, 2.45) is 10.7 Å². The molecule has 2 heterocycles. The summed E-state index contributed by atoms with van der Waals surface area (Å²) in [6.45, 7) is 0.917. The van der Waals surface area contributed by atoms with Crippen LogP contribution in [0.5, 0.6) is 0 Å². The summed E-state index contributed by atoms with van der Waals surface area (Å²) in [5, 5.41) is 2.63. The number of carbonyl (C=O) groups excluding carboxylic acids is 1. The van der Waals surface area contributed by atoms with Crippen LogP contribution in [0.3, 0.4) is 0 Å². The van der Waals surface area contributed by atoms with E-state index >= 15 is 0 Å². The molecule has 0 saturated carbocycles. The number of thiazole rings is 1. The highest BCUT2D eigenvalue weighted by atomic mass is 32.1. The van der Waals surface area contributed by atoms with E-state index in [2.05, 4.69) is 9.98 Å². The van der Waals surface area contributed by atoms with Gasteiger partial charge in [0.05, 0.1) is 6.61 Å². The van der Waals surface area contributed by atoms with E-state index in [9.17, 15) is 4.79 Å². The fourth-order valence-electron chi connectivity index (χ4n) is 1.55. The van der Waals surface area contributed by atoms with Crippen LogP contribution in [0.25, 0.3) is 0 Å². The van der Waals surface area contributed by atoms with Gasteiger partial charge in [-0.15, -0.1) is 11.3 Å². The molecule has 0 saturated heterocycles. The van der Waals surface area contributed by atoms with Crippen molar-refractivity contribution in [3.63, 3.8) is 0 Å². The van der Waals surface area contributed by atoms with E-state index in [0.29, 0.717) is 19.0 Å². The van der Waals surface area contributed by atoms with Gasteiger partial charge in [0.15, 0.2) is 0 Å². The number of amidine groups is 1. The molecule has 2 amide bonds. The van der Waals surface area contributed by atoms with Crippen LogP contribution in [0.15, 0.2) is 16.6 Å². The Labute approximate surface area is 96.7 Å². The summed E-state index contributed by atoms with van der Waals surface area (Å²) in [7, 11) is 1.59. The number of rotatable bonds is 4. The van der Waals surface area contributed by atoms with Gasteiger partial charge in [-0.05, 0) is 0 Å². The summed E-state index contributed by atoms with van der Waals surface area (Å²) in [5.74, 6) is 0.302. The molecule has 1 aromatic heterocycles. The van der Waals surface area contributed by atoms with Crippen molar-refractivity contribution in [3.8, 4) is 0 Å². The van der Waals surface area contributed by atoms with Crippen molar-refractivity contribution in [1.29, 1.82) is 0 Å². The number of nitrogens with zero attached hydrogens (tertiary/aromatic N) is 3. The van der Waals surface area contributed by atoms with Gasteiger partial charge in [0.25, 0.3) is 0 Å². The van der Waals surface area contributed by atoms with Crippen LogP contribution in [-0.4, -0.2) is 42.0 Å². The van der Waals surface area contributed by atoms with Gasteiger partial charge in [-0.2, -0.15) is 4.99 Å². The van der Waals surface area contributed by atoms with E-state index < -0.39 is 0 Å². The van der Waals surface area contributed by atoms with E-state index in [4.69, 9.17) is 10.5 Å². The van der Waals surface area contributed by atoms with E-state index in [-0.39, 0.29) is 12.1 Å². The van der Waals surface area contributed by atoms with Gasteiger partial charge in [-0.25, -0.2) is 9.78 Å². The highest BCUT2D eigenvalue weighted by Crippen LogP contribution is 2.27. The van der Waals surface area contributed by atoms with E-state index in [1.54, 1.807) is 18.2 Å². The number of carbonyl (C=O) groups is 1. The van der Waals surface area contributed by atoms with Gasteiger partial charge in [0.1, 0.15) is 16.9 Å². The van der Waals surface area contributed by atoms with Crippen LogP contribution in [0, 0.1) is 0 Å². The Morgan fingerprint density at radius 3 is 3.12 bits per heavy atom. The summed E-state index contributed by atoms with van der Waals surface area (Å²) in [4.78, 5) is 21.1. The molecule has 0 radical (unpaired) electrons. The lowest BCUT2D eigenvalue weighted by Crippen LogP contribution is -2.35. The number of aliphatic imine (C=N–C) groups is 1. The number of methoxy groups -OCH3 is 1. The summed E-state index contributed by atoms with van der Waals surface area (Å²) in [6, 6.07) is -0.655. The first-order valence-corrected chi connectivity index (χ1v) is 5.65. The summed E-state index contributed by atoms with van der Waals surface area (Å²) >= 11 is 1.46. The zero-order valence-electron chi connectivity index (χ0n) is 8.79. The maximum Gasteiger partial charge on any atom is 0.346 e. The number of hydrogen-bond acceptors (Lipinski definition) is 5. The molecule has 2 rings (SSSR count). The second-order valence-corrected chi connectivity index (χ2v) is 4.20. The minimum absolute atomic E-state index is 0.302. The molecule has 0 aliphatic carbocycles. The number of ether oxygens (including phenoxy) is 1. The first-order chi connectivity index (χ1) is 7.74. The van der Waals surface area contributed by atoms with Crippen molar-refractivity contribution in [2.45, 2.75) is 6.04 Å². The predicted molar refractivity (Wildman–Crippen MR) is 60.5 cm³/mol. The van der Waals surface area contributed by atoms with Crippen LogP contribution in [0.4, 0.5) is 4.79 Å². The Morgan fingerprint density at radius 2 is 2.50 bits per heavy atom. The SMILES string of the molecule is COCCN1C(=O)N=C(N)C1c1nccs1. The first-order valence-electron chi connectivity index (χ1n) is 4.77. The van der Waals surface area contributed by atoms with E-state index in [0.717, 1.165) is 5.01 Å². The van der Waals surface area contributed by atoms with Crippen molar-refractivity contribution in [3.05, 3.63) is 16.6 Å². The van der Waals surface area contributed by atoms with E-state index in [1.165, 1.54) is 11.3 Å². The lowest BCUT2D eigenvalue weighted by molar-refractivity contribution is 0.150. The molecule has 1 aliphatic rings. The minimum Gasteiger partial charge on any atom is -0.385 e. The van der Waals surface area contributed by atoms with Crippen LogP contribution in [0.1, 0.15) is 11.0 Å². The van der Waals surface area contributed by atoms with Crippen molar-refractivity contribution in [2.75, 3.05) is 20.3 Å². The molecular weight excluding hydrogens is 228 g/mol. The van der Waals surface area contributed by atoms with Gasteiger partial charge in [0.2, 0.25) is 0 Å². The van der Waals surface area contributed by atoms with Gasteiger partial charge < -0.3 is 15.4 Å². The number of urea groups is 1. The van der Waals surface area contributed by atoms with Crippen LogP contribution >= 0.6 is 11.3 Å². The third kappa shape index (κ3) is 1.91. The maximum absolute atomic E-state index is 11.6. The normalized spacial score (nSPS) is 20.3. The Kier molecular flexibility index (Phi) is 3.16.